The van der Waals surface area contributed by atoms with Crippen LogP contribution in [0.25, 0.3) is 0 Å². The van der Waals surface area contributed by atoms with Crippen LogP contribution in [0.15, 0.2) is 18.2 Å². The largest absolute Gasteiger partial charge is 0.397 e. The molecule has 1 rings (SSSR count). The minimum Gasteiger partial charge on any atom is -0.397 e. The molecule has 0 bridgehead atoms. The third-order valence-electron chi connectivity index (χ3n) is 2.44. The molecule has 15 heavy (non-hydrogen) atoms. The Morgan fingerprint density at radius 2 is 2.20 bits per heavy atom. The van der Waals surface area contributed by atoms with Crippen LogP contribution in [0.2, 0.25) is 0 Å². The molecule has 0 aliphatic heterocycles. The van der Waals surface area contributed by atoms with E-state index in [1.54, 1.807) is 6.92 Å². The van der Waals surface area contributed by atoms with Gasteiger partial charge in [-0.25, -0.2) is 0 Å². The average molecular weight is 208 g/mol. The maximum Gasteiger partial charge on any atom is 0.0579 e. The van der Waals surface area contributed by atoms with Crippen molar-refractivity contribution in [1.82, 2.24) is 0 Å². The summed E-state index contributed by atoms with van der Waals surface area (Å²) in [7, 11) is 0. The van der Waals surface area contributed by atoms with Gasteiger partial charge in [-0.1, -0.05) is 12.1 Å². The van der Waals surface area contributed by atoms with Crippen molar-refractivity contribution >= 4 is 11.4 Å². The number of aliphatic hydroxyl groups is 1. The molecule has 0 radical (unpaired) electrons. The SMILES string of the molecule is Cc1cccc(NCCCC(C)O)c1N. The summed E-state index contributed by atoms with van der Waals surface area (Å²) in [6.07, 6.45) is 1.55. The second-order valence-corrected chi connectivity index (χ2v) is 3.95. The Balaban J connectivity index is 2.41. The number of aliphatic hydroxyl groups excluding tert-OH is 1. The van der Waals surface area contributed by atoms with Gasteiger partial charge in [0.05, 0.1) is 17.5 Å². The van der Waals surface area contributed by atoms with Gasteiger partial charge < -0.3 is 16.2 Å². The first-order chi connectivity index (χ1) is 7.11. The summed E-state index contributed by atoms with van der Waals surface area (Å²) >= 11 is 0. The van der Waals surface area contributed by atoms with Gasteiger partial charge in [0, 0.05) is 6.54 Å². The van der Waals surface area contributed by atoms with E-state index in [1.807, 2.05) is 25.1 Å². The fourth-order valence-corrected chi connectivity index (χ4v) is 1.46. The molecule has 1 aromatic rings. The molecule has 1 unspecified atom stereocenters. The van der Waals surface area contributed by atoms with E-state index in [0.29, 0.717) is 0 Å². The molecule has 0 aliphatic carbocycles. The zero-order valence-corrected chi connectivity index (χ0v) is 9.46. The Morgan fingerprint density at radius 3 is 2.87 bits per heavy atom. The average Bonchev–Trinajstić information content (AvgIpc) is 2.18. The third kappa shape index (κ3) is 3.80. The van der Waals surface area contributed by atoms with Gasteiger partial charge in [0.15, 0.2) is 0 Å². The monoisotopic (exact) mass is 208 g/mol. The highest BCUT2D eigenvalue weighted by Crippen LogP contribution is 2.21. The van der Waals surface area contributed by atoms with E-state index < -0.39 is 0 Å². The van der Waals surface area contributed by atoms with Crippen molar-refractivity contribution in [1.29, 1.82) is 0 Å². The zero-order chi connectivity index (χ0) is 11.3. The molecule has 0 fully saturated rings. The zero-order valence-electron chi connectivity index (χ0n) is 9.46. The summed E-state index contributed by atoms with van der Waals surface area (Å²) < 4.78 is 0. The lowest BCUT2D eigenvalue weighted by atomic mass is 10.1. The van der Waals surface area contributed by atoms with Crippen LogP contribution in [0.3, 0.4) is 0 Å². The summed E-state index contributed by atoms with van der Waals surface area (Å²) in [6.45, 7) is 4.65. The van der Waals surface area contributed by atoms with Crippen molar-refractivity contribution in [2.24, 2.45) is 0 Å². The van der Waals surface area contributed by atoms with Gasteiger partial charge in [-0.05, 0) is 38.3 Å². The Morgan fingerprint density at radius 1 is 1.47 bits per heavy atom. The molecule has 1 aromatic carbocycles. The molecule has 0 aliphatic rings. The van der Waals surface area contributed by atoms with Gasteiger partial charge in [-0.3, -0.25) is 0 Å². The van der Waals surface area contributed by atoms with Crippen molar-refractivity contribution in [3.05, 3.63) is 23.8 Å². The lowest BCUT2D eigenvalue weighted by molar-refractivity contribution is 0.183. The fourth-order valence-electron chi connectivity index (χ4n) is 1.46. The number of anilines is 2. The van der Waals surface area contributed by atoms with Crippen molar-refractivity contribution in [3.63, 3.8) is 0 Å². The van der Waals surface area contributed by atoms with E-state index in [1.165, 1.54) is 0 Å². The van der Waals surface area contributed by atoms with E-state index in [4.69, 9.17) is 10.8 Å². The quantitative estimate of drug-likeness (QED) is 0.513. The summed E-state index contributed by atoms with van der Waals surface area (Å²) in [5.41, 5.74) is 8.81. The van der Waals surface area contributed by atoms with Gasteiger partial charge in [-0.2, -0.15) is 0 Å². The van der Waals surface area contributed by atoms with Crippen molar-refractivity contribution in [2.75, 3.05) is 17.6 Å². The van der Waals surface area contributed by atoms with Gasteiger partial charge in [0.25, 0.3) is 0 Å². The molecular formula is C12H20N2O. The molecule has 0 aromatic heterocycles. The molecule has 0 heterocycles. The Kier molecular flexibility index (Phi) is 4.43. The molecule has 3 heteroatoms. The third-order valence-corrected chi connectivity index (χ3v) is 2.44. The highest BCUT2D eigenvalue weighted by molar-refractivity contribution is 5.69. The highest BCUT2D eigenvalue weighted by atomic mass is 16.3. The van der Waals surface area contributed by atoms with E-state index in [9.17, 15) is 0 Å². The second-order valence-electron chi connectivity index (χ2n) is 3.95. The summed E-state index contributed by atoms with van der Waals surface area (Å²) in [4.78, 5) is 0. The number of nitrogen functional groups attached to an aromatic ring is 1. The number of hydrogen-bond acceptors (Lipinski definition) is 3. The topological polar surface area (TPSA) is 58.3 Å². The Hall–Kier alpha value is -1.22. The number of nitrogens with two attached hydrogens (primary N) is 1. The first-order valence-electron chi connectivity index (χ1n) is 5.38. The first-order valence-corrected chi connectivity index (χ1v) is 5.38. The minimum absolute atomic E-state index is 0.221. The van der Waals surface area contributed by atoms with Gasteiger partial charge in [0.2, 0.25) is 0 Å². The van der Waals surface area contributed by atoms with E-state index in [-0.39, 0.29) is 6.10 Å². The van der Waals surface area contributed by atoms with Crippen LogP contribution in [-0.4, -0.2) is 17.8 Å². The van der Waals surface area contributed by atoms with Crippen LogP contribution in [0, 0.1) is 6.92 Å². The van der Waals surface area contributed by atoms with Crippen molar-refractivity contribution < 1.29 is 5.11 Å². The smallest absolute Gasteiger partial charge is 0.0579 e. The summed E-state index contributed by atoms with van der Waals surface area (Å²) in [5, 5.41) is 12.4. The number of para-hydroxylation sites is 1. The van der Waals surface area contributed by atoms with Crippen LogP contribution >= 0.6 is 0 Å². The van der Waals surface area contributed by atoms with Crippen LogP contribution in [-0.2, 0) is 0 Å². The van der Waals surface area contributed by atoms with Crippen molar-refractivity contribution in [3.8, 4) is 0 Å². The maximum atomic E-state index is 9.10. The van der Waals surface area contributed by atoms with Gasteiger partial charge in [0.1, 0.15) is 0 Å². The standard InChI is InChI=1S/C12H20N2O/c1-9-5-3-7-11(12(9)13)14-8-4-6-10(2)15/h3,5,7,10,14-15H,4,6,8,13H2,1-2H3. The lowest BCUT2D eigenvalue weighted by Gasteiger charge is -2.11. The fraction of sp³-hybridized carbons (Fsp3) is 0.500. The Bertz CT molecular complexity index is 310. The molecule has 0 saturated heterocycles. The number of aryl methyl sites for hydroxylation is 1. The summed E-state index contributed by atoms with van der Waals surface area (Å²) in [6, 6.07) is 5.96. The molecule has 1 atom stereocenters. The summed E-state index contributed by atoms with van der Waals surface area (Å²) in [5.74, 6) is 0. The van der Waals surface area contributed by atoms with Crippen molar-refractivity contribution in [2.45, 2.75) is 32.8 Å². The van der Waals surface area contributed by atoms with Gasteiger partial charge >= 0.3 is 0 Å². The van der Waals surface area contributed by atoms with E-state index >= 15 is 0 Å². The maximum absolute atomic E-state index is 9.10. The number of hydrogen-bond donors (Lipinski definition) is 3. The number of benzene rings is 1. The molecule has 0 spiro atoms. The predicted molar refractivity (Wildman–Crippen MR) is 65.0 cm³/mol. The predicted octanol–water partition coefficient (Wildman–Crippen LogP) is 2.15. The highest BCUT2D eigenvalue weighted by Gasteiger charge is 2.00. The molecule has 84 valence electrons. The first kappa shape index (κ1) is 11.9. The molecule has 3 nitrogen and oxygen atoms in total. The lowest BCUT2D eigenvalue weighted by Crippen LogP contribution is -2.08. The van der Waals surface area contributed by atoms with Gasteiger partial charge in [-0.15, -0.1) is 0 Å². The van der Waals surface area contributed by atoms with Crippen LogP contribution in [0.5, 0.6) is 0 Å². The van der Waals surface area contributed by atoms with E-state index in [0.717, 1.165) is 36.3 Å². The normalized spacial score (nSPS) is 12.5. The molecule has 0 saturated carbocycles. The molecule has 4 N–H and O–H groups in total. The van der Waals surface area contributed by atoms with Crippen LogP contribution in [0.1, 0.15) is 25.3 Å². The molecule has 0 amide bonds. The van der Waals surface area contributed by atoms with Crippen LogP contribution in [0.4, 0.5) is 11.4 Å². The Labute approximate surface area is 91.3 Å². The number of nitrogens with one attached hydrogen (secondary N) is 1. The van der Waals surface area contributed by atoms with Crippen LogP contribution < -0.4 is 11.1 Å². The molecular weight excluding hydrogens is 188 g/mol. The second kappa shape index (κ2) is 5.61. The number of rotatable bonds is 5. The minimum atomic E-state index is -0.221. The van der Waals surface area contributed by atoms with E-state index in [2.05, 4.69) is 5.32 Å².